The molecule has 2 aromatic carbocycles. The number of ether oxygens (including phenoxy) is 2. The van der Waals surface area contributed by atoms with Gasteiger partial charge in [-0.1, -0.05) is 12.1 Å². The van der Waals surface area contributed by atoms with E-state index >= 15 is 0 Å². The SMILES string of the molecule is Cc1c(OC2CCN(C)CC2)ccc2cc(-c3ccc(OC(F)(F)F)cc3)c(=O)oc12. The van der Waals surface area contributed by atoms with Gasteiger partial charge >= 0.3 is 12.0 Å². The highest BCUT2D eigenvalue weighted by Crippen LogP contribution is 2.31. The number of alkyl halides is 3. The lowest BCUT2D eigenvalue weighted by Crippen LogP contribution is -2.35. The van der Waals surface area contributed by atoms with E-state index in [0.29, 0.717) is 22.3 Å². The molecule has 2 heterocycles. The first-order valence-electron chi connectivity index (χ1n) is 9.98. The molecule has 4 rings (SSSR count). The van der Waals surface area contributed by atoms with Gasteiger partial charge in [-0.25, -0.2) is 4.79 Å². The third kappa shape index (κ3) is 4.85. The summed E-state index contributed by atoms with van der Waals surface area (Å²) in [7, 11) is 2.08. The number of rotatable bonds is 4. The quantitative estimate of drug-likeness (QED) is 0.534. The Hall–Kier alpha value is -3.00. The molecule has 0 bridgehead atoms. The fourth-order valence-corrected chi connectivity index (χ4v) is 3.75. The molecular formula is C23H22F3NO4. The summed E-state index contributed by atoms with van der Waals surface area (Å²) in [6.45, 7) is 3.80. The zero-order valence-corrected chi connectivity index (χ0v) is 17.2. The summed E-state index contributed by atoms with van der Waals surface area (Å²) in [4.78, 5) is 14.9. The van der Waals surface area contributed by atoms with E-state index < -0.39 is 12.0 Å². The van der Waals surface area contributed by atoms with Crippen molar-refractivity contribution in [1.29, 1.82) is 0 Å². The van der Waals surface area contributed by atoms with Gasteiger partial charge in [0.1, 0.15) is 23.2 Å². The fraction of sp³-hybridized carbons (Fsp3) is 0.348. The number of fused-ring (bicyclic) bond motifs is 1. The normalized spacial score (nSPS) is 15.9. The molecule has 0 radical (unpaired) electrons. The van der Waals surface area contributed by atoms with Gasteiger partial charge in [0.25, 0.3) is 0 Å². The summed E-state index contributed by atoms with van der Waals surface area (Å²) in [5.74, 6) is 0.333. The fourth-order valence-electron chi connectivity index (χ4n) is 3.75. The van der Waals surface area contributed by atoms with E-state index in [9.17, 15) is 18.0 Å². The van der Waals surface area contributed by atoms with Gasteiger partial charge < -0.3 is 18.8 Å². The molecule has 0 amide bonds. The van der Waals surface area contributed by atoms with Crippen LogP contribution in [0.25, 0.3) is 22.1 Å². The second kappa shape index (κ2) is 8.26. The summed E-state index contributed by atoms with van der Waals surface area (Å²) < 4.78 is 52.6. The van der Waals surface area contributed by atoms with Crippen molar-refractivity contribution < 1.29 is 27.1 Å². The van der Waals surface area contributed by atoms with Gasteiger partial charge in [0.15, 0.2) is 0 Å². The van der Waals surface area contributed by atoms with Gasteiger partial charge in [0.2, 0.25) is 0 Å². The van der Waals surface area contributed by atoms with E-state index in [1.54, 1.807) is 6.07 Å². The molecule has 0 atom stereocenters. The van der Waals surface area contributed by atoms with Crippen LogP contribution in [-0.2, 0) is 0 Å². The number of hydrogen-bond donors (Lipinski definition) is 0. The first-order valence-corrected chi connectivity index (χ1v) is 9.98. The van der Waals surface area contributed by atoms with Crippen LogP contribution in [-0.4, -0.2) is 37.5 Å². The summed E-state index contributed by atoms with van der Waals surface area (Å²) >= 11 is 0. The number of hydrogen-bond acceptors (Lipinski definition) is 5. The molecule has 0 spiro atoms. The highest BCUT2D eigenvalue weighted by Gasteiger charge is 2.31. The third-order valence-electron chi connectivity index (χ3n) is 5.46. The molecule has 1 aromatic heterocycles. The topological polar surface area (TPSA) is 51.9 Å². The summed E-state index contributed by atoms with van der Waals surface area (Å²) in [6, 6.07) is 10.5. The van der Waals surface area contributed by atoms with Crippen LogP contribution in [0, 0.1) is 6.92 Å². The average molecular weight is 433 g/mol. The number of likely N-dealkylation sites (tertiary alicyclic amines) is 1. The van der Waals surface area contributed by atoms with Crippen molar-refractivity contribution in [2.24, 2.45) is 0 Å². The van der Waals surface area contributed by atoms with Crippen molar-refractivity contribution in [2.75, 3.05) is 20.1 Å². The Bertz CT molecular complexity index is 1130. The van der Waals surface area contributed by atoms with Crippen molar-refractivity contribution in [3.05, 3.63) is 58.4 Å². The van der Waals surface area contributed by atoms with Crippen LogP contribution in [0.4, 0.5) is 13.2 Å². The molecular weight excluding hydrogens is 411 g/mol. The minimum atomic E-state index is -4.77. The Balaban J connectivity index is 1.61. The molecule has 0 N–H and O–H groups in total. The number of aryl methyl sites for hydroxylation is 1. The maximum absolute atomic E-state index is 12.6. The van der Waals surface area contributed by atoms with Crippen molar-refractivity contribution in [2.45, 2.75) is 32.2 Å². The van der Waals surface area contributed by atoms with Gasteiger partial charge in [-0.3, -0.25) is 0 Å². The van der Waals surface area contributed by atoms with E-state index in [1.165, 1.54) is 12.1 Å². The molecule has 1 fully saturated rings. The summed E-state index contributed by atoms with van der Waals surface area (Å²) in [6.07, 6.45) is -2.78. The molecule has 3 aromatic rings. The largest absolute Gasteiger partial charge is 0.573 e. The number of halogens is 3. The summed E-state index contributed by atoms with van der Waals surface area (Å²) in [5, 5.41) is 0.707. The standard InChI is InChI=1S/C23H22F3NO4/c1-14-20(29-17-9-11-27(2)12-10-17)8-5-16-13-19(22(28)30-21(14)16)15-3-6-18(7-4-15)31-23(24,25)26/h3-8,13,17H,9-12H2,1-2H3. The highest BCUT2D eigenvalue weighted by molar-refractivity contribution is 5.85. The molecule has 164 valence electrons. The van der Waals surface area contributed by atoms with E-state index in [0.717, 1.165) is 43.6 Å². The van der Waals surface area contributed by atoms with Crippen LogP contribution in [0.5, 0.6) is 11.5 Å². The Morgan fingerprint density at radius 2 is 1.74 bits per heavy atom. The molecule has 1 aliphatic rings. The van der Waals surface area contributed by atoms with Crippen LogP contribution in [0.15, 0.2) is 51.7 Å². The predicted octanol–water partition coefficient (Wildman–Crippen LogP) is 5.14. The van der Waals surface area contributed by atoms with Gasteiger partial charge in [0, 0.05) is 24.0 Å². The van der Waals surface area contributed by atoms with Crippen molar-refractivity contribution in [1.82, 2.24) is 4.90 Å². The van der Waals surface area contributed by atoms with Crippen molar-refractivity contribution >= 4 is 11.0 Å². The number of nitrogens with zero attached hydrogens (tertiary/aromatic N) is 1. The Labute approximate surface area is 177 Å². The van der Waals surface area contributed by atoms with Crippen molar-refractivity contribution in [3.8, 4) is 22.6 Å². The maximum atomic E-state index is 12.6. The van der Waals surface area contributed by atoms with Gasteiger partial charge in [-0.2, -0.15) is 0 Å². The monoisotopic (exact) mass is 433 g/mol. The van der Waals surface area contributed by atoms with Crippen LogP contribution in [0.1, 0.15) is 18.4 Å². The van der Waals surface area contributed by atoms with E-state index in [2.05, 4.69) is 16.7 Å². The van der Waals surface area contributed by atoms with E-state index in [-0.39, 0.29) is 17.4 Å². The molecule has 8 heteroatoms. The molecule has 0 saturated carbocycles. The van der Waals surface area contributed by atoms with Gasteiger partial charge in [-0.05, 0) is 62.7 Å². The summed E-state index contributed by atoms with van der Waals surface area (Å²) in [5.41, 5.74) is 1.31. The first-order chi connectivity index (χ1) is 14.7. The highest BCUT2D eigenvalue weighted by atomic mass is 19.4. The zero-order valence-electron chi connectivity index (χ0n) is 17.2. The van der Waals surface area contributed by atoms with Crippen LogP contribution in [0.2, 0.25) is 0 Å². The molecule has 1 aliphatic heterocycles. The third-order valence-corrected chi connectivity index (χ3v) is 5.46. The van der Waals surface area contributed by atoms with E-state index in [4.69, 9.17) is 9.15 Å². The number of piperidine rings is 1. The average Bonchev–Trinajstić information content (AvgIpc) is 2.71. The maximum Gasteiger partial charge on any atom is 0.573 e. The van der Waals surface area contributed by atoms with Gasteiger partial charge in [-0.15, -0.1) is 13.2 Å². The second-order valence-electron chi connectivity index (χ2n) is 7.75. The van der Waals surface area contributed by atoms with Crippen molar-refractivity contribution in [3.63, 3.8) is 0 Å². The lowest BCUT2D eigenvalue weighted by Gasteiger charge is -2.29. The Morgan fingerprint density at radius 3 is 2.39 bits per heavy atom. The lowest BCUT2D eigenvalue weighted by atomic mass is 10.0. The molecule has 1 saturated heterocycles. The Morgan fingerprint density at radius 1 is 1.06 bits per heavy atom. The van der Waals surface area contributed by atoms with E-state index in [1.807, 2.05) is 19.1 Å². The zero-order chi connectivity index (χ0) is 22.2. The number of benzene rings is 2. The minimum absolute atomic E-state index is 0.121. The molecule has 5 nitrogen and oxygen atoms in total. The second-order valence-corrected chi connectivity index (χ2v) is 7.75. The predicted molar refractivity (Wildman–Crippen MR) is 110 cm³/mol. The molecule has 0 unspecified atom stereocenters. The van der Waals surface area contributed by atoms with Crippen LogP contribution in [0.3, 0.4) is 0 Å². The Kier molecular flexibility index (Phi) is 5.66. The lowest BCUT2D eigenvalue weighted by molar-refractivity contribution is -0.274. The van der Waals surface area contributed by atoms with Crippen LogP contribution < -0.4 is 15.1 Å². The van der Waals surface area contributed by atoms with Gasteiger partial charge in [0.05, 0.1) is 5.56 Å². The van der Waals surface area contributed by atoms with Crippen LogP contribution >= 0.6 is 0 Å². The smallest absolute Gasteiger partial charge is 0.490 e. The first kappa shape index (κ1) is 21.2. The molecule has 31 heavy (non-hydrogen) atoms. The molecule has 0 aliphatic carbocycles. The minimum Gasteiger partial charge on any atom is -0.490 e.